The maximum absolute atomic E-state index is 13.3. The highest BCUT2D eigenvalue weighted by Gasteiger charge is 2.20. The van der Waals surface area contributed by atoms with Crippen LogP contribution in [0.15, 0.2) is 12.1 Å². The zero-order valence-corrected chi connectivity index (χ0v) is 12.1. The molecule has 2 rings (SSSR count). The summed E-state index contributed by atoms with van der Waals surface area (Å²) >= 11 is 0. The van der Waals surface area contributed by atoms with E-state index in [4.69, 9.17) is 4.74 Å². The van der Waals surface area contributed by atoms with Crippen molar-refractivity contribution >= 4 is 18.1 Å². The number of rotatable bonds is 3. The molecular formula is C14H17F2N3O3. The molecule has 0 aliphatic carbocycles. The van der Waals surface area contributed by atoms with Crippen LogP contribution in [0.25, 0.3) is 0 Å². The Morgan fingerprint density at radius 1 is 1.23 bits per heavy atom. The molecule has 8 heteroatoms. The van der Waals surface area contributed by atoms with Gasteiger partial charge in [0.25, 0.3) is 0 Å². The molecule has 6 nitrogen and oxygen atoms in total. The van der Waals surface area contributed by atoms with Crippen molar-refractivity contribution < 1.29 is 23.1 Å². The van der Waals surface area contributed by atoms with E-state index >= 15 is 0 Å². The topological polar surface area (TPSA) is 61.9 Å². The summed E-state index contributed by atoms with van der Waals surface area (Å²) in [6, 6.07) is 1.31. The normalized spacial score (nSPS) is 15.2. The van der Waals surface area contributed by atoms with Crippen LogP contribution >= 0.6 is 0 Å². The number of nitrogens with zero attached hydrogens (tertiary/aromatic N) is 2. The predicted molar refractivity (Wildman–Crippen MR) is 75.8 cm³/mol. The monoisotopic (exact) mass is 313 g/mol. The third-order valence-electron chi connectivity index (χ3n) is 3.45. The summed E-state index contributed by atoms with van der Waals surface area (Å²) in [4.78, 5) is 26.1. The van der Waals surface area contributed by atoms with E-state index in [2.05, 4.69) is 5.32 Å². The minimum atomic E-state index is -1.07. The van der Waals surface area contributed by atoms with Crippen molar-refractivity contribution in [3.63, 3.8) is 0 Å². The number of nitrogens with one attached hydrogen (secondary N) is 1. The summed E-state index contributed by atoms with van der Waals surface area (Å²) in [6.45, 7) is 1.87. The molecule has 1 aliphatic rings. The highest BCUT2D eigenvalue weighted by molar-refractivity contribution is 5.91. The van der Waals surface area contributed by atoms with Gasteiger partial charge >= 0.3 is 6.03 Å². The molecule has 1 saturated heterocycles. The zero-order chi connectivity index (χ0) is 16.1. The zero-order valence-electron chi connectivity index (χ0n) is 12.1. The van der Waals surface area contributed by atoms with Crippen molar-refractivity contribution in [2.45, 2.75) is 6.42 Å². The van der Waals surface area contributed by atoms with Crippen LogP contribution in [0.3, 0.4) is 0 Å². The number of hydrogen-bond donors (Lipinski definition) is 1. The van der Waals surface area contributed by atoms with Gasteiger partial charge in [0.05, 0.1) is 12.8 Å². The van der Waals surface area contributed by atoms with Gasteiger partial charge in [0.2, 0.25) is 6.41 Å². The number of amides is 3. The molecule has 0 aromatic heterocycles. The third-order valence-corrected chi connectivity index (χ3v) is 3.45. The number of anilines is 1. The Kier molecular flexibility index (Phi) is 5.13. The first-order valence-corrected chi connectivity index (χ1v) is 6.83. The molecule has 1 fully saturated rings. The number of carbonyl (C=O) groups excluding carboxylic acids is 2. The van der Waals surface area contributed by atoms with E-state index in [1.807, 2.05) is 0 Å². The number of methoxy groups -OCH3 is 1. The van der Waals surface area contributed by atoms with Crippen molar-refractivity contribution in [2.75, 3.05) is 38.6 Å². The Hall–Kier alpha value is -2.38. The van der Waals surface area contributed by atoms with E-state index in [0.29, 0.717) is 32.6 Å². The molecule has 1 heterocycles. The Labute approximate surface area is 126 Å². The van der Waals surface area contributed by atoms with E-state index in [0.717, 1.165) is 18.5 Å². The standard InChI is InChI=1S/C14H17F2N3O3/c1-22-13-8-11(16)10(15)7-12(13)17-14(21)19-4-2-3-18(9-20)5-6-19/h7-9H,2-6H2,1H3,(H,17,21). The quantitative estimate of drug-likeness (QED) is 0.864. The van der Waals surface area contributed by atoms with Crippen molar-refractivity contribution in [3.05, 3.63) is 23.8 Å². The molecule has 1 aromatic carbocycles. The largest absolute Gasteiger partial charge is 0.494 e. The van der Waals surface area contributed by atoms with E-state index in [1.165, 1.54) is 12.0 Å². The average molecular weight is 313 g/mol. The van der Waals surface area contributed by atoms with Gasteiger partial charge in [-0.05, 0) is 6.42 Å². The number of urea groups is 1. The molecule has 0 radical (unpaired) electrons. The third kappa shape index (κ3) is 3.63. The lowest BCUT2D eigenvalue weighted by Crippen LogP contribution is -2.38. The Bertz CT molecular complexity index is 569. The maximum Gasteiger partial charge on any atom is 0.322 e. The molecule has 1 aromatic rings. The number of ether oxygens (including phenoxy) is 1. The Morgan fingerprint density at radius 2 is 1.95 bits per heavy atom. The highest BCUT2D eigenvalue weighted by Crippen LogP contribution is 2.27. The second-order valence-electron chi connectivity index (χ2n) is 4.88. The summed E-state index contributed by atoms with van der Waals surface area (Å²) in [5.74, 6) is -2.08. The average Bonchev–Trinajstić information content (AvgIpc) is 2.76. The lowest BCUT2D eigenvalue weighted by Gasteiger charge is -2.21. The molecule has 0 unspecified atom stereocenters. The fraction of sp³-hybridized carbons (Fsp3) is 0.429. The second kappa shape index (κ2) is 7.06. The van der Waals surface area contributed by atoms with E-state index < -0.39 is 17.7 Å². The number of carbonyl (C=O) groups is 2. The van der Waals surface area contributed by atoms with Gasteiger partial charge in [-0.1, -0.05) is 0 Å². The molecule has 1 aliphatic heterocycles. The molecule has 22 heavy (non-hydrogen) atoms. The van der Waals surface area contributed by atoms with Crippen LogP contribution in [0.2, 0.25) is 0 Å². The van der Waals surface area contributed by atoms with Gasteiger partial charge in [0.15, 0.2) is 11.6 Å². The highest BCUT2D eigenvalue weighted by atomic mass is 19.2. The SMILES string of the molecule is COc1cc(F)c(F)cc1NC(=O)N1CCCN(C=O)CC1. The van der Waals surface area contributed by atoms with Crippen molar-refractivity contribution in [1.29, 1.82) is 0 Å². The van der Waals surface area contributed by atoms with Crippen LogP contribution in [-0.4, -0.2) is 55.5 Å². The lowest BCUT2D eigenvalue weighted by molar-refractivity contribution is -0.118. The minimum absolute atomic E-state index is 0.0385. The Morgan fingerprint density at radius 3 is 2.64 bits per heavy atom. The minimum Gasteiger partial charge on any atom is -0.494 e. The first kappa shape index (κ1) is 16.0. The van der Waals surface area contributed by atoms with Gasteiger partial charge in [0, 0.05) is 38.3 Å². The Balaban J connectivity index is 2.08. The van der Waals surface area contributed by atoms with Gasteiger partial charge < -0.3 is 19.9 Å². The van der Waals surface area contributed by atoms with Crippen LogP contribution < -0.4 is 10.1 Å². The molecule has 0 bridgehead atoms. The smallest absolute Gasteiger partial charge is 0.322 e. The van der Waals surface area contributed by atoms with Gasteiger partial charge in [-0.3, -0.25) is 4.79 Å². The van der Waals surface area contributed by atoms with Crippen LogP contribution in [0.4, 0.5) is 19.3 Å². The van der Waals surface area contributed by atoms with Gasteiger partial charge in [-0.25, -0.2) is 13.6 Å². The predicted octanol–water partition coefficient (Wildman–Crippen LogP) is 1.67. The van der Waals surface area contributed by atoms with Crippen LogP contribution in [0, 0.1) is 11.6 Å². The van der Waals surface area contributed by atoms with Crippen LogP contribution in [0.5, 0.6) is 5.75 Å². The fourth-order valence-corrected chi connectivity index (χ4v) is 2.24. The molecule has 120 valence electrons. The van der Waals surface area contributed by atoms with E-state index in [1.54, 1.807) is 4.90 Å². The number of hydrogen-bond acceptors (Lipinski definition) is 3. The summed E-state index contributed by atoms with van der Waals surface area (Å²) in [6.07, 6.45) is 1.40. The van der Waals surface area contributed by atoms with Gasteiger partial charge in [-0.2, -0.15) is 0 Å². The van der Waals surface area contributed by atoms with E-state index in [9.17, 15) is 18.4 Å². The summed E-state index contributed by atoms with van der Waals surface area (Å²) in [5, 5.41) is 2.51. The van der Waals surface area contributed by atoms with Crippen LogP contribution in [-0.2, 0) is 4.79 Å². The van der Waals surface area contributed by atoms with Crippen molar-refractivity contribution in [2.24, 2.45) is 0 Å². The summed E-state index contributed by atoms with van der Waals surface area (Å²) in [7, 11) is 1.30. The van der Waals surface area contributed by atoms with Crippen molar-refractivity contribution in [3.8, 4) is 5.75 Å². The lowest BCUT2D eigenvalue weighted by atomic mass is 10.2. The fourth-order valence-electron chi connectivity index (χ4n) is 2.24. The number of halogens is 2. The molecule has 0 spiro atoms. The first-order chi connectivity index (χ1) is 10.5. The molecule has 1 N–H and O–H groups in total. The van der Waals surface area contributed by atoms with E-state index in [-0.39, 0.29) is 11.4 Å². The van der Waals surface area contributed by atoms with Crippen LogP contribution in [0.1, 0.15) is 6.42 Å². The van der Waals surface area contributed by atoms with Gasteiger partial charge in [0.1, 0.15) is 5.75 Å². The van der Waals surface area contributed by atoms with Crippen molar-refractivity contribution in [1.82, 2.24) is 9.80 Å². The summed E-state index contributed by atoms with van der Waals surface area (Å²) < 4.78 is 31.4. The first-order valence-electron chi connectivity index (χ1n) is 6.83. The second-order valence-corrected chi connectivity index (χ2v) is 4.88. The maximum atomic E-state index is 13.3. The van der Waals surface area contributed by atoms with Gasteiger partial charge in [-0.15, -0.1) is 0 Å². The molecule has 3 amide bonds. The summed E-state index contributed by atoms with van der Waals surface area (Å²) in [5.41, 5.74) is 0.0582. The molecule has 0 saturated carbocycles. The molecular weight excluding hydrogens is 296 g/mol. The molecule has 0 atom stereocenters. The number of benzene rings is 1.